The first kappa shape index (κ1) is 11.6. The normalized spacial score (nSPS) is 25.0. The van der Waals surface area contributed by atoms with E-state index in [2.05, 4.69) is 17.5 Å². The average molecular weight is 268 g/mol. The van der Waals surface area contributed by atoms with Crippen LogP contribution in [0.2, 0.25) is 0 Å². The Morgan fingerprint density at radius 2 is 2.29 bits per heavy atom. The fourth-order valence-electron chi connectivity index (χ4n) is 2.77. The highest BCUT2D eigenvalue weighted by Gasteiger charge is 2.32. The van der Waals surface area contributed by atoms with E-state index in [0.29, 0.717) is 6.04 Å². The van der Waals surface area contributed by atoms with Crippen molar-refractivity contribution in [3.05, 3.63) is 16.3 Å². The molecule has 3 rings (SSSR count). The number of nitrogens with zero attached hydrogens (tertiary/aromatic N) is 2. The molecule has 0 spiro atoms. The van der Waals surface area contributed by atoms with Gasteiger partial charge in [-0.3, -0.25) is 9.69 Å². The maximum Gasteiger partial charge on any atom is 0.264 e. The molecule has 1 unspecified atom stereocenters. The second-order valence-corrected chi connectivity index (χ2v) is 6.18. The van der Waals surface area contributed by atoms with Gasteiger partial charge in [0.25, 0.3) is 5.91 Å². The Hall–Kier alpha value is -0.520. The average Bonchev–Trinajstić information content (AvgIpc) is 2.95. The maximum absolute atomic E-state index is 12.3. The second kappa shape index (κ2) is 4.63. The molecule has 5 heteroatoms. The molecule has 1 aromatic heterocycles. The van der Waals surface area contributed by atoms with Crippen LogP contribution in [0.15, 0.2) is 16.3 Å². The Kier molecular flexibility index (Phi) is 3.15. The summed E-state index contributed by atoms with van der Waals surface area (Å²) in [5.74, 6) is 0.182. The van der Waals surface area contributed by atoms with Gasteiger partial charge in [0.1, 0.15) is 0 Å². The molecule has 0 bridgehead atoms. The number of hydrogen-bond acceptors (Lipinski definition) is 4. The number of thiophene rings is 1. The third-order valence-corrected chi connectivity index (χ3v) is 5.02. The van der Waals surface area contributed by atoms with Gasteiger partial charge in [0.05, 0.1) is 4.88 Å². The van der Waals surface area contributed by atoms with Gasteiger partial charge in [-0.2, -0.15) is 0 Å². The summed E-state index contributed by atoms with van der Waals surface area (Å²) in [5.41, 5.74) is 0. The molecular formula is C12H16N2OS2. The topological polar surface area (TPSA) is 23.6 Å². The van der Waals surface area contributed by atoms with E-state index in [9.17, 15) is 4.79 Å². The van der Waals surface area contributed by atoms with Gasteiger partial charge >= 0.3 is 0 Å². The summed E-state index contributed by atoms with van der Waals surface area (Å²) in [6, 6.07) is 2.47. The number of thiol groups is 1. The van der Waals surface area contributed by atoms with Crippen LogP contribution in [-0.2, 0) is 0 Å². The molecule has 0 N–H and O–H groups in total. The third-order valence-electron chi connectivity index (χ3n) is 3.67. The molecule has 0 aromatic carbocycles. The van der Waals surface area contributed by atoms with E-state index < -0.39 is 0 Å². The second-order valence-electron chi connectivity index (χ2n) is 4.75. The van der Waals surface area contributed by atoms with E-state index in [0.717, 1.165) is 29.4 Å². The number of rotatable bonds is 1. The minimum atomic E-state index is 0.182. The summed E-state index contributed by atoms with van der Waals surface area (Å²) in [6.45, 7) is 4.02. The number of carbonyl (C=O) groups excluding carboxylic acids is 1. The summed E-state index contributed by atoms with van der Waals surface area (Å²) >= 11 is 5.75. The first-order valence-corrected chi connectivity index (χ1v) is 7.37. The molecule has 1 atom stereocenters. The molecule has 1 aromatic rings. The molecule has 0 radical (unpaired) electrons. The van der Waals surface area contributed by atoms with Gasteiger partial charge in [-0.15, -0.1) is 24.0 Å². The number of fused-ring (bicyclic) bond motifs is 1. The van der Waals surface area contributed by atoms with E-state index in [-0.39, 0.29) is 5.91 Å². The minimum absolute atomic E-state index is 0.182. The predicted octanol–water partition coefficient (Wildman–Crippen LogP) is 1.96. The zero-order valence-corrected chi connectivity index (χ0v) is 11.3. The highest BCUT2D eigenvalue weighted by Crippen LogP contribution is 2.24. The molecule has 17 heavy (non-hydrogen) atoms. The molecule has 92 valence electrons. The first-order chi connectivity index (χ1) is 8.24. The van der Waals surface area contributed by atoms with Crippen molar-refractivity contribution >= 4 is 29.9 Å². The summed E-state index contributed by atoms with van der Waals surface area (Å²) in [4.78, 5) is 18.5. The van der Waals surface area contributed by atoms with Crippen LogP contribution in [0, 0.1) is 0 Å². The maximum atomic E-state index is 12.3. The number of carbonyl (C=O) groups is 1. The van der Waals surface area contributed by atoms with Gasteiger partial charge in [-0.1, -0.05) is 0 Å². The van der Waals surface area contributed by atoms with Crippen molar-refractivity contribution in [1.82, 2.24) is 9.80 Å². The molecule has 0 saturated carbocycles. The van der Waals surface area contributed by atoms with Crippen LogP contribution in [0.3, 0.4) is 0 Å². The lowest BCUT2D eigenvalue weighted by Gasteiger charge is -2.37. The molecule has 2 aliphatic rings. The molecule has 3 heterocycles. The smallest absolute Gasteiger partial charge is 0.264 e. The van der Waals surface area contributed by atoms with Gasteiger partial charge in [0.15, 0.2) is 0 Å². The molecule has 2 aliphatic heterocycles. The Balaban J connectivity index is 1.70. The Labute approximate surface area is 111 Å². The van der Waals surface area contributed by atoms with E-state index in [1.54, 1.807) is 0 Å². The van der Waals surface area contributed by atoms with E-state index >= 15 is 0 Å². The zero-order valence-electron chi connectivity index (χ0n) is 9.63. The van der Waals surface area contributed by atoms with Crippen molar-refractivity contribution in [3.8, 4) is 0 Å². The SMILES string of the molecule is O=C(c1cc(S)cs1)N1CCN2CCCC2C1. The molecule has 1 amide bonds. The van der Waals surface area contributed by atoms with Crippen LogP contribution < -0.4 is 0 Å². The zero-order chi connectivity index (χ0) is 11.8. The Morgan fingerprint density at radius 3 is 3.06 bits per heavy atom. The lowest BCUT2D eigenvalue weighted by Crippen LogP contribution is -2.51. The van der Waals surface area contributed by atoms with Crippen molar-refractivity contribution in [1.29, 1.82) is 0 Å². The lowest BCUT2D eigenvalue weighted by molar-refractivity contribution is 0.0576. The molecular weight excluding hydrogens is 252 g/mol. The van der Waals surface area contributed by atoms with E-state index in [4.69, 9.17) is 0 Å². The molecule has 2 fully saturated rings. The highest BCUT2D eigenvalue weighted by molar-refractivity contribution is 7.80. The van der Waals surface area contributed by atoms with Crippen LogP contribution in [0.25, 0.3) is 0 Å². The molecule has 0 aliphatic carbocycles. The molecule has 3 nitrogen and oxygen atoms in total. The van der Waals surface area contributed by atoms with E-state index in [1.165, 1.54) is 30.7 Å². The van der Waals surface area contributed by atoms with Crippen molar-refractivity contribution < 1.29 is 4.79 Å². The van der Waals surface area contributed by atoms with Crippen molar-refractivity contribution in [2.45, 2.75) is 23.8 Å². The van der Waals surface area contributed by atoms with Crippen LogP contribution in [0.1, 0.15) is 22.5 Å². The largest absolute Gasteiger partial charge is 0.335 e. The van der Waals surface area contributed by atoms with Gasteiger partial charge in [0.2, 0.25) is 0 Å². The predicted molar refractivity (Wildman–Crippen MR) is 72.1 cm³/mol. The summed E-state index contributed by atoms with van der Waals surface area (Å²) < 4.78 is 0. The number of hydrogen-bond donors (Lipinski definition) is 1. The monoisotopic (exact) mass is 268 g/mol. The number of amides is 1. The quantitative estimate of drug-likeness (QED) is 0.787. The lowest BCUT2D eigenvalue weighted by atomic mass is 10.1. The van der Waals surface area contributed by atoms with Crippen LogP contribution >= 0.6 is 24.0 Å². The summed E-state index contributed by atoms with van der Waals surface area (Å²) in [7, 11) is 0. The standard InChI is InChI=1S/C12H16N2OS2/c15-12(11-6-10(16)8-17-11)14-5-4-13-3-1-2-9(13)7-14/h6,8-9,16H,1-5,7H2. The van der Waals surface area contributed by atoms with Crippen molar-refractivity contribution in [2.24, 2.45) is 0 Å². The van der Waals surface area contributed by atoms with Crippen molar-refractivity contribution in [3.63, 3.8) is 0 Å². The van der Waals surface area contributed by atoms with Gasteiger partial charge in [0, 0.05) is 36.0 Å². The van der Waals surface area contributed by atoms with Gasteiger partial charge in [-0.05, 0) is 25.5 Å². The Bertz CT molecular complexity index is 432. The summed E-state index contributed by atoms with van der Waals surface area (Å²) in [6.07, 6.45) is 2.53. The van der Waals surface area contributed by atoms with Gasteiger partial charge in [-0.25, -0.2) is 0 Å². The fourth-order valence-corrected chi connectivity index (χ4v) is 3.89. The first-order valence-electron chi connectivity index (χ1n) is 6.05. The number of piperazine rings is 1. The third kappa shape index (κ3) is 2.23. The minimum Gasteiger partial charge on any atom is -0.335 e. The summed E-state index contributed by atoms with van der Waals surface area (Å²) in [5, 5.41) is 1.92. The van der Waals surface area contributed by atoms with Crippen LogP contribution in [0.5, 0.6) is 0 Å². The van der Waals surface area contributed by atoms with Crippen molar-refractivity contribution in [2.75, 3.05) is 26.2 Å². The van der Waals surface area contributed by atoms with Gasteiger partial charge < -0.3 is 4.90 Å². The van der Waals surface area contributed by atoms with Crippen LogP contribution in [-0.4, -0.2) is 47.9 Å². The van der Waals surface area contributed by atoms with E-state index in [1.807, 2.05) is 16.3 Å². The Morgan fingerprint density at radius 1 is 1.41 bits per heavy atom. The van der Waals surface area contributed by atoms with Crippen LogP contribution in [0.4, 0.5) is 0 Å². The fraction of sp³-hybridized carbons (Fsp3) is 0.583. The molecule has 2 saturated heterocycles. The highest BCUT2D eigenvalue weighted by atomic mass is 32.1.